The molecule has 4 rings (SSSR count). The second-order valence-electron chi connectivity index (χ2n) is 7.35. The maximum atomic E-state index is 13.2. The zero-order valence-corrected chi connectivity index (χ0v) is 17.8. The zero-order chi connectivity index (χ0) is 22.3. The van der Waals surface area contributed by atoms with Gasteiger partial charge in [-0.1, -0.05) is 48.5 Å². The number of methoxy groups -OCH3 is 1. The zero-order valence-electron chi connectivity index (χ0n) is 17.8. The minimum Gasteiger partial charge on any atom is -0.496 e. The van der Waals surface area contributed by atoms with Crippen LogP contribution in [-0.2, 0) is 13.0 Å². The number of pyridine rings is 1. The van der Waals surface area contributed by atoms with E-state index in [0.717, 1.165) is 18.4 Å². The number of nitrogens with one attached hydrogen (secondary N) is 1. The number of aromatic nitrogens is 3. The number of ether oxygens (including phenoxy) is 1. The molecule has 0 spiro atoms. The predicted molar refractivity (Wildman–Crippen MR) is 123 cm³/mol. The van der Waals surface area contributed by atoms with Gasteiger partial charge in [0.1, 0.15) is 11.3 Å². The first-order chi connectivity index (χ1) is 15.7. The summed E-state index contributed by atoms with van der Waals surface area (Å²) in [5.74, 6) is 0.176. The Kier molecular flexibility index (Phi) is 6.55. The number of carbonyl (C=O) groups is 1. The lowest BCUT2D eigenvalue weighted by Gasteiger charge is -2.13. The van der Waals surface area contributed by atoms with Crippen molar-refractivity contribution in [2.24, 2.45) is 0 Å². The predicted octanol–water partition coefficient (Wildman–Crippen LogP) is 3.21. The van der Waals surface area contributed by atoms with E-state index in [1.807, 2.05) is 42.5 Å². The highest BCUT2D eigenvalue weighted by Gasteiger charge is 2.19. The molecule has 7 heteroatoms. The standard InChI is InChI=1S/C25H24N4O3/c1-32-21-14-6-5-12-19(21)17-29-23-20(13-8-15-26-23)28-22(25(29)31)24(30)27-16-7-11-18-9-3-2-4-10-18/h2-6,8-10,12-15H,7,11,16-17H2,1H3,(H,27,30). The van der Waals surface area contributed by atoms with Crippen LogP contribution in [0, 0.1) is 0 Å². The number of benzene rings is 2. The van der Waals surface area contributed by atoms with E-state index >= 15 is 0 Å². The molecule has 0 fully saturated rings. The van der Waals surface area contributed by atoms with E-state index in [4.69, 9.17) is 4.74 Å². The summed E-state index contributed by atoms with van der Waals surface area (Å²) in [6, 6.07) is 21.0. The van der Waals surface area contributed by atoms with Crippen LogP contribution in [0.3, 0.4) is 0 Å². The van der Waals surface area contributed by atoms with Crippen LogP contribution in [0.5, 0.6) is 5.75 Å². The minimum absolute atomic E-state index is 0.139. The number of amides is 1. The summed E-state index contributed by atoms with van der Waals surface area (Å²) >= 11 is 0. The van der Waals surface area contributed by atoms with Crippen molar-refractivity contribution in [3.05, 3.63) is 100 Å². The Bertz CT molecular complexity index is 1290. The van der Waals surface area contributed by atoms with Gasteiger partial charge in [0, 0.05) is 18.3 Å². The third kappa shape index (κ3) is 4.67. The summed E-state index contributed by atoms with van der Waals surface area (Å²) in [7, 11) is 1.58. The van der Waals surface area contributed by atoms with Crippen LogP contribution in [0.2, 0.25) is 0 Å². The van der Waals surface area contributed by atoms with Crippen molar-refractivity contribution in [1.82, 2.24) is 19.9 Å². The van der Waals surface area contributed by atoms with Crippen molar-refractivity contribution in [3.8, 4) is 5.75 Å². The smallest absolute Gasteiger partial charge is 0.284 e. The van der Waals surface area contributed by atoms with Crippen LogP contribution < -0.4 is 15.6 Å². The first-order valence-electron chi connectivity index (χ1n) is 10.5. The van der Waals surface area contributed by atoms with E-state index in [2.05, 4.69) is 27.4 Å². The Hall–Kier alpha value is -4.00. The number of hydrogen-bond acceptors (Lipinski definition) is 5. The molecular formula is C25H24N4O3. The van der Waals surface area contributed by atoms with E-state index in [1.165, 1.54) is 10.1 Å². The van der Waals surface area contributed by atoms with Crippen LogP contribution in [0.4, 0.5) is 0 Å². The van der Waals surface area contributed by atoms with Gasteiger partial charge in [0.15, 0.2) is 11.3 Å². The molecule has 4 aromatic rings. The molecule has 2 aromatic carbocycles. The number of carbonyl (C=O) groups excluding carboxylic acids is 1. The molecule has 0 radical (unpaired) electrons. The summed E-state index contributed by atoms with van der Waals surface area (Å²) in [4.78, 5) is 34.7. The topological polar surface area (TPSA) is 86.1 Å². The number of nitrogens with zero attached hydrogens (tertiary/aromatic N) is 3. The van der Waals surface area contributed by atoms with Gasteiger partial charge in [0.2, 0.25) is 0 Å². The first kappa shape index (κ1) is 21.2. The minimum atomic E-state index is -0.484. The van der Waals surface area contributed by atoms with Crippen LogP contribution in [0.25, 0.3) is 11.2 Å². The molecule has 1 amide bonds. The molecule has 32 heavy (non-hydrogen) atoms. The normalized spacial score (nSPS) is 10.8. The Balaban J connectivity index is 1.58. The maximum absolute atomic E-state index is 13.2. The van der Waals surface area contributed by atoms with Gasteiger partial charge < -0.3 is 10.1 Å². The molecule has 2 aromatic heterocycles. The van der Waals surface area contributed by atoms with Gasteiger partial charge in [-0.3, -0.25) is 14.2 Å². The fourth-order valence-electron chi connectivity index (χ4n) is 3.60. The highest BCUT2D eigenvalue weighted by Crippen LogP contribution is 2.19. The molecule has 7 nitrogen and oxygen atoms in total. The number of rotatable bonds is 8. The van der Waals surface area contributed by atoms with Gasteiger partial charge in [-0.25, -0.2) is 9.97 Å². The molecule has 2 heterocycles. The Morgan fingerprint density at radius 2 is 1.81 bits per heavy atom. The molecule has 0 aliphatic heterocycles. The molecule has 0 saturated heterocycles. The number of hydrogen-bond donors (Lipinski definition) is 1. The largest absolute Gasteiger partial charge is 0.496 e. The van der Waals surface area contributed by atoms with Gasteiger partial charge in [-0.15, -0.1) is 0 Å². The Labute approximate surface area is 185 Å². The SMILES string of the molecule is COc1ccccc1Cn1c(=O)c(C(=O)NCCCc2ccccc2)nc2cccnc21. The van der Waals surface area contributed by atoms with Crippen molar-refractivity contribution in [3.63, 3.8) is 0 Å². The molecular weight excluding hydrogens is 404 g/mol. The molecule has 1 N–H and O–H groups in total. The summed E-state index contributed by atoms with van der Waals surface area (Å²) < 4.78 is 6.89. The van der Waals surface area contributed by atoms with Crippen molar-refractivity contribution in [2.75, 3.05) is 13.7 Å². The first-order valence-corrected chi connectivity index (χ1v) is 10.5. The lowest BCUT2D eigenvalue weighted by atomic mass is 10.1. The maximum Gasteiger partial charge on any atom is 0.284 e. The van der Waals surface area contributed by atoms with Crippen molar-refractivity contribution in [2.45, 2.75) is 19.4 Å². The van der Waals surface area contributed by atoms with E-state index < -0.39 is 11.5 Å². The number of aryl methyl sites for hydroxylation is 1. The highest BCUT2D eigenvalue weighted by atomic mass is 16.5. The molecule has 0 atom stereocenters. The van der Waals surface area contributed by atoms with Crippen molar-refractivity contribution >= 4 is 17.1 Å². The lowest BCUT2D eigenvalue weighted by Crippen LogP contribution is -2.35. The summed E-state index contributed by atoms with van der Waals surface area (Å²) in [6.07, 6.45) is 3.21. The Morgan fingerprint density at radius 3 is 2.62 bits per heavy atom. The van der Waals surface area contributed by atoms with E-state index in [1.54, 1.807) is 25.4 Å². The monoisotopic (exact) mass is 428 g/mol. The van der Waals surface area contributed by atoms with Gasteiger partial charge in [0.25, 0.3) is 11.5 Å². The molecule has 0 aliphatic carbocycles. The van der Waals surface area contributed by atoms with Gasteiger partial charge >= 0.3 is 0 Å². The van der Waals surface area contributed by atoms with E-state index in [9.17, 15) is 9.59 Å². The Morgan fingerprint density at radius 1 is 1.03 bits per heavy atom. The quantitative estimate of drug-likeness (QED) is 0.436. The second kappa shape index (κ2) is 9.87. The average molecular weight is 428 g/mol. The molecule has 0 unspecified atom stereocenters. The molecule has 162 valence electrons. The van der Waals surface area contributed by atoms with Gasteiger partial charge in [-0.05, 0) is 36.6 Å². The third-order valence-corrected chi connectivity index (χ3v) is 5.21. The van der Waals surface area contributed by atoms with Crippen molar-refractivity contribution < 1.29 is 9.53 Å². The second-order valence-corrected chi connectivity index (χ2v) is 7.35. The third-order valence-electron chi connectivity index (χ3n) is 5.21. The van der Waals surface area contributed by atoms with E-state index in [0.29, 0.717) is 23.5 Å². The fourth-order valence-corrected chi connectivity index (χ4v) is 3.60. The average Bonchev–Trinajstić information content (AvgIpc) is 2.84. The highest BCUT2D eigenvalue weighted by molar-refractivity contribution is 5.93. The molecule has 0 saturated carbocycles. The molecule has 0 aliphatic rings. The molecule has 0 bridgehead atoms. The summed E-state index contributed by atoms with van der Waals surface area (Å²) in [5, 5.41) is 2.83. The number of para-hydroxylation sites is 1. The fraction of sp³-hybridized carbons (Fsp3) is 0.200. The summed E-state index contributed by atoms with van der Waals surface area (Å²) in [6.45, 7) is 0.666. The van der Waals surface area contributed by atoms with Gasteiger partial charge in [-0.2, -0.15) is 0 Å². The van der Waals surface area contributed by atoms with Crippen LogP contribution >= 0.6 is 0 Å². The van der Waals surface area contributed by atoms with E-state index in [-0.39, 0.29) is 12.2 Å². The van der Waals surface area contributed by atoms with Crippen LogP contribution in [0.15, 0.2) is 77.7 Å². The lowest BCUT2D eigenvalue weighted by molar-refractivity contribution is 0.0946. The summed E-state index contributed by atoms with van der Waals surface area (Å²) in [5.41, 5.74) is 2.29. The number of fused-ring (bicyclic) bond motifs is 1. The van der Waals surface area contributed by atoms with Crippen LogP contribution in [-0.4, -0.2) is 34.1 Å². The van der Waals surface area contributed by atoms with Crippen molar-refractivity contribution in [1.29, 1.82) is 0 Å². The van der Waals surface area contributed by atoms with Crippen LogP contribution in [0.1, 0.15) is 28.0 Å². The van der Waals surface area contributed by atoms with Gasteiger partial charge in [0.05, 0.1) is 13.7 Å².